The number of likely N-dealkylation sites (N-methyl/N-ethyl adjacent to an activating group) is 1. The third-order valence-corrected chi connectivity index (χ3v) is 2.08. The molecule has 0 aromatic carbocycles. The van der Waals surface area contributed by atoms with E-state index in [9.17, 15) is 4.79 Å². The van der Waals surface area contributed by atoms with E-state index in [1.54, 1.807) is 4.90 Å². The van der Waals surface area contributed by atoms with Crippen molar-refractivity contribution in [3.8, 4) is 0 Å². The van der Waals surface area contributed by atoms with Crippen LogP contribution in [-0.4, -0.2) is 37.6 Å². The summed E-state index contributed by atoms with van der Waals surface area (Å²) in [6.45, 7) is 3.66. The standard InChI is InChI=1S/C9H17NO2/c1-3-12-7-9(11)10(2)6-8-4-5-8/h8H,3-7H2,1-2H3. The molecule has 1 fully saturated rings. The lowest BCUT2D eigenvalue weighted by atomic mass is 10.4. The topological polar surface area (TPSA) is 29.5 Å². The first kappa shape index (κ1) is 9.52. The first-order chi connectivity index (χ1) is 5.74. The summed E-state index contributed by atoms with van der Waals surface area (Å²) in [4.78, 5) is 13.0. The molecule has 0 aromatic heterocycles. The highest BCUT2D eigenvalue weighted by atomic mass is 16.5. The molecule has 0 bridgehead atoms. The number of hydrogen-bond donors (Lipinski definition) is 0. The van der Waals surface area contributed by atoms with E-state index in [4.69, 9.17) is 4.74 Å². The molecular weight excluding hydrogens is 154 g/mol. The van der Waals surface area contributed by atoms with Gasteiger partial charge in [0.1, 0.15) is 6.61 Å². The predicted octanol–water partition coefficient (Wildman–Crippen LogP) is 0.891. The van der Waals surface area contributed by atoms with Crippen molar-refractivity contribution in [1.29, 1.82) is 0 Å². The van der Waals surface area contributed by atoms with Crippen LogP contribution in [0.25, 0.3) is 0 Å². The Labute approximate surface area is 73.7 Å². The van der Waals surface area contributed by atoms with Crippen molar-refractivity contribution in [3.63, 3.8) is 0 Å². The van der Waals surface area contributed by atoms with Gasteiger partial charge in [0.15, 0.2) is 0 Å². The average Bonchev–Trinajstić information content (AvgIpc) is 2.83. The van der Waals surface area contributed by atoms with Gasteiger partial charge in [0.05, 0.1) is 0 Å². The average molecular weight is 171 g/mol. The van der Waals surface area contributed by atoms with E-state index in [0.29, 0.717) is 6.61 Å². The van der Waals surface area contributed by atoms with Crippen molar-refractivity contribution in [2.45, 2.75) is 19.8 Å². The molecule has 0 heterocycles. The summed E-state index contributed by atoms with van der Waals surface area (Å²) in [5.41, 5.74) is 0. The van der Waals surface area contributed by atoms with Crippen molar-refractivity contribution in [2.24, 2.45) is 5.92 Å². The molecule has 0 radical (unpaired) electrons. The summed E-state index contributed by atoms with van der Waals surface area (Å²) in [5, 5.41) is 0. The van der Waals surface area contributed by atoms with Crippen molar-refractivity contribution < 1.29 is 9.53 Å². The van der Waals surface area contributed by atoms with Gasteiger partial charge in [-0.05, 0) is 25.7 Å². The van der Waals surface area contributed by atoms with Gasteiger partial charge in [-0.15, -0.1) is 0 Å². The Kier molecular flexibility index (Phi) is 3.53. The lowest BCUT2D eigenvalue weighted by Crippen LogP contribution is -2.31. The maximum Gasteiger partial charge on any atom is 0.248 e. The van der Waals surface area contributed by atoms with E-state index in [2.05, 4.69) is 0 Å². The number of rotatable bonds is 5. The monoisotopic (exact) mass is 171 g/mol. The molecule has 1 amide bonds. The smallest absolute Gasteiger partial charge is 0.248 e. The highest BCUT2D eigenvalue weighted by Gasteiger charge is 2.24. The maximum atomic E-state index is 11.3. The number of nitrogens with zero attached hydrogens (tertiary/aromatic N) is 1. The molecular formula is C9H17NO2. The second-order valence-corrected chi connectivity index (χ2v) is 3.35. The molecule has 0 atom stereocenters. The van der Waals surface area contributed by atoms with Gasteiger partial charge in [-0.1, -0.05) is 0 Å². The fourth-order valence-corrected chi connectivity index (χ4v) is 1.09. The highest BCUT2D eigenvalue weighted by Crippen LogP contribution is 2.29. The van der Waals surface area contributed by atoms with E-state index >= 15 is 0 Å². The minimum Gasteiger partial charge on any atom is -0.372 e. The Morgan fingerprint density at radius 3 is 2.75 bits per heavy atom. The maximum absolute atomic E-state index is 11.3. The number of hydrogen-bond acceptors (Lipinski definition) is 2. The van der Waals surface area contributed by atoms with Gasteiger partial charge >= 0.3 is 0 Å². The van der Waals surface area contributed by atoms with Crippen molar-refractivity contribution >= 4 is 5.91 Å². The summed E-state index contributed by atoms with van der Waals surface area (Å²) in [6.07, 6.45) is 2.57. The molecule has 12 heavy (non-hydrogen) atoms. The van der Waals surface area contributed by atoms with Crippen molar-refractivity contribution in [1.82, 2.24) is 4.90 Å². The molecule has 1 saturated carbocycles. The van der Waals surface area contributed by atoms with Gasteiger partial charge in [0.2, 0.25) is 5.91 Å². The van der Waals surface area contributed by atoms with Crippen molar-refractivity contribution in [3.05, 3.63) is 0 Å². The molecule has 3 heteroatoms. The van der Waals surface area contributed by atoms with Crippen LogP contribution in [0.5, 0.6) is 0 Å². The first-order valence-corrected chi connectivity index (χ1v) is 4.55. The zero-order chi connectivity index (χ0) is 8.97. The van der Waals surface area contributed by atoms with Crippen LogP contribution in [0.2, 0.25) is 0 Å². The SMILES string of the molecule is CCOCC(=O)N(C)CC1CC1. The Morgan fingerprint density at radius 2 is 2.25 bits per heavy atom. The number of amides is 1. The minimum absolute atomic E-state index is 0.101. The molecule has 0 N–H and O–H groups in total. The Morgan fingerprint density at radius 1 is 1.58 bits per heavy atom. The summed E-state index contributed by atoms with van der Waals surface area (Å²) in [6, 6.07) is 0. The quantitative estimate of drug-likeness (QED) is 0.615. The van der Waals surface area contributed by atoms with Gasteiger partial charge < -0.3 is 9.64 Å². The van der Waals surface area contributed by atoms with Crippen LogP contribution in [-0.2, 0) is 9.53 Å². The molecule has 0 spiro atoms. The lowest BCUT2D eigenvalue weighted by Gasteiger charge is -2.16. The molecule has 0 aromatic rings. The third kappa shape index (κ3) is 3.22. The Balaban J connectivity index is 2.11. The minimum atomic E-state index is 0.101. The van der Waals surface area contributed by atoms with Crippen LogP contribution >= 0.6 is 0 Å². The van der Waals surface area contributed by atoms with Crippen LogP contribution in [0, 0.1) is 5.92 Å². The molecule has 70 valence electrons. The van der Waals surface area contributed by atoms with Crippen LogP contribution in [0.4, 0.5) is 0 Å². The third-order valence-electron chi connectivity index (χ3n) is 2.08. The van der Waals surface area contributed by atoms with Crippen LogP contribution < -0.4 is 0 Å². The molecule has 1 aliphatic carbocycles. The van der Waals surface area contributed by atoms with Gasteiger partial charge in [-0.2, -0.15) is 0 Å². The number of carbonyl (C=O) groups is 1. The van der Waals surface area contributed by atoms with E-state index < -0.39 is 0 Å². The van der Waals surface area contributed by atoms with Crippen LogP contribution in [0.3, 0.4) is 0 Å². The zero-order valence-electron chi connectivity index (χ0n) is 7.88. The van der Waals surface area contributed by atoms with Gasteiger partial charge in [-0.3, -0.25) is 4.79 Å². The molecule has 0 aliphatic heterocycles. The Hall–Kier alpha value is -0.570. The summed E-state index contributed by atoms with van der Waals surface area (Å²) in [5.74, 6) is 0.865. The fraction of sp³-hybridized carbons (Fsp3) is 0.889. The number of ether oxygens (including phenoxy) is 1. The lowest BCUT2D eigenvalue weighted by molar-refractivity contribution is -0.134. The predicted molar refractivity (Wildman–Crippen MR) is 46.9 cm³/mol. The largest absolute Gasteiger partial charge is 0.372 e. The highest BCUT2D eigenvalue weighted by molar-refractivity contribution is 5.77. The summed E-state index contributed by atoms with van der Waals surface area (Å²) < 4.78 is 5.03. The van der Waals surface area contributed by atoms with Crippen molar-refractivity contribution in [2.75, 3.05) is 26.8 Å². The molecule has 1 rings (SSSR count). The van der Waals surface area contributed by atoms with Gasteiger partial charge in [-0.25, -0.2) is 0 Å². The summed E-state index contributed by atoms with van der Waals surface area (Å²) >= 11 is 0. The first-order valence-electron chi connectivity index (χ1n) is 4.55. The fourth-order valence-electron chi connectivity index (χ4n) is 1.09. The van der Waals surface area contributed by atoms with Crippen LogP contribution in [0.15, 0.2) is 0 Å². The molecule has 0 unspecified atom stereocenters. The second-order valence-electron chi connectivity index (χ2n) is 3.35. The normalized spacial score (nSPS) is 16.2. The van der Waals surface area contributed by atoms with Gasteiger partial charge in [0, 0.05) is 20.2 Å². The number of carbonyl (C=O) groups excluding carboxylic acids is 1. The Bertz CT molecular complexity index is 155. The van der Waals surface area contributed by atoms with E-state index in [-0.39, 0.29) is 12.5 Å². The molecule has 3 nitrogen and oxygen atoms in total. The van der Waals surface area contributed by atoms with Gasteiger partial charge in [0.25, 0.3) is 0 Å². The van der Waals surface area contributed by atoms with E-state index in [0.717, 1.165) is 12.5 Å². The zero-order valence-corrected chi connectivity index (χ0v) is 7.88. The van der Waals surface area contributed by atoms with E-state index in [1.807, 2.05) is 14.0 Å². The van der Waals surface area contributed by atoms with Crippen LogP contribution in [0.1, 0.15) is 19.8 Å². The van der Waals surface area contributed by atoms with E-state index in [1.165, 1.54) is 12.8 Å². The molecule has 0 saturated heterocycles. The second kappa shape index (κ2) is 4.45. The summed E-state index contributed by atoms with van der Waals surface area (Å²) in [7, 11) is 1.85. The molecule has 1 aliphatic rings.